The second-order valence-corrected chi connectivity index (χ2v) is 6.92. The molecular weight excluding hydrogens is 360 g/mol. The lowest BCUT2D eigenvalue weighted by molar-refractivity contribution is -0.380. The number of hydrogen-bond donors (Lipinski definition) is 0. The van der Waals surface area contributed by atoms with Gasteiger partial charge < -0.3 is 14.0 Å². The molecule has 0 saturated carbocycles. The van der Waals surface area contributed by atoms with E-state index in [1.807, 2.05) is 25.3 Å². The molecule has 0 saturated heterocycles. The fourth-order valence-corrected chi connectivity index (χ4v) is 3.58. The number of nitrogens with zero attached hydrogens (tertiary/aromatic N) is 2. The summed E-state index contributed by atoms with van der Waals surface area (Å²) in [5, 5.41) is 10.5. The van der Waals surface area contributed by atoms with Crippen LogP contribution in [-0.2, 0) is 9.47 Å². The van der Waals surface area contributed by atoms with E-state index in [9.17, 15) is 19.7 Å². The Kier molecular flexibility index (Phi) is 6.27. The number of ketones is 1. The van der Waals surface area contributed by atoms with Crippen molar-refractivity contribution in [1.82, 2.24) is 4.57 Å². The van der Waals surface area contributed by atoms with Crippen LogP contribution in [0.2, 0.25) is 0 Å². The van der Waals surface area contributed by atoms with Crippen LogP contribution in [0, 0.1) is 24.0 Å². The van der Waals surface area contributed by atoms with Crippen LogP contribution in [0.15, 0.2) is 18.2 Å². The van der Waals surface area contributed by atoms with Crippen LogP contribution in [0.1, 0.15) is 44.4 Å². The predicted octanol–water partition coefficient (Wildman–Crippen LogP) is 3.32. The first-order valence-corrected chi connectivity index (χ1v) is 8.69. The zero-order valence-electron chi connectivity index (χ0n) is 15.0. The minimum atomic E-state index is -0.752. The van der Waals surface area contributed by atoms with E-state index < -0.39 is 17.5 Å². The first kappa shape index (κ1) is 19.8. The van der Waals surface area contributed by atoms with Gasteiger partial charge in [-0.1, -0.05) is 11.3 Å². The number of ether oxygens (including phenoxy) is 2. The van der Waals surface area contributed by atoms with Gasteiger partial charge in [0.05, 0.1) is 17.6 Å². The lowest BCUT2D eigenvalue weighted by Gasteiger charge is -2.17. The van der Waals surface area contributed by atoms with Gasteiger partial charge in [0, 0.05) is 30.1 Å². The molecule has 0 aliphatic rings. The van der Waals surface area contributed by atoms with Crippen molar-refractivity contribution in [3.63, 3.8) is 0 Å². The van der Waals surface area contributed by atoms with Gasteiger partial charge in [-0.25, -0.2) is 4.79 Å². The molecular formula is C17H20N2O6S. The second-order valence-electron chi connectivity index (χ2n) is 5.85. The highest BCUT2D eigenvalue weighted by Gasteiger charge is 2.21. The Bertz CT molecular complexity index is 838. The molecule has 0 spiro atoms. The van der Waals surface area contributed by atoms with Crippen molar-refractivity contribution in [1.29, 1.82) is 0 Å². The number of esters is 1. The number of aryl methyl sites for hydroxylation is 1. The fourth-order valence-electron chi connectivity index (χ4n) is 2.87. The van der Waals surface area contributed by atoms with Crippen molar-refractivity contribution in [2.45, 2.75) is 26.8 Å². The van der Waals surface area contributed by atoms with Crippen molar-refractivity contribution < 1.29 is 24.0 Å². The van der Waals surface area contributed by atoms with E-state index in [1.54, 1.807) is 13.2 Å². The molecule has 0 radical (unpaired) electrons. The van der Waals surface area contributed by atoms with Gasteiger partial charge in [0.15, 0.2) is 6.61 Å². The maximum atomic E-state index is 12.4. The molecule has 2 heterocycles. The lowest BCUT2D eigenvalue weighted by atomic mass is 10.1. The summed E-state index contributed by atoms with van der Waals surface area (Å²) in [5.74, 6) is -1.08. The SMILES string of the molecule is COC[C@@H](C)n1c(C)cc(C(=O)COC(=O)c2ccc([N+](=O)[O-])s2)c1C. The standard InChI is InChI=1S/C17H20N2O6S/c1-10-7-13(12(3)18(10)11(2)8-24-4)14(20)9-25-17(21)15-5-6-16(26-15)19(22)23/h5-7,11H,8-9H2,1-4H3/t11-/m1/s1. The first-order chi connectivity index (χ1) is 12.3. The molecule has 140 valence electrons. The predicted molar refractivity (Wildman–Crippen MR) is 96.1 cm³/mol. The van der Waals surface area contributed by atoms with Gasteiger partial charge in [0.2, 0.25) is 5.78 Å². The van der Waals surface area contributed by atoms with Crippen LogP contribution < -0.4 is 0 Å². The minimum absolute atomic E-state index is 0.0655. The molecule has 1 atom stereocenters. The molecule has 0 aliphatic heterocycles. The lowest BCUT2D eigenvalue weighted by Crippen LogP contribution is -2.16. The number of Topliss-reactive ketones (excluding diaryl/α,β-unsaturated/α-hetero) is 1. The topological polar surface area (TPSA) is 101 Å². The van der Waals surface area contributed by atoms with E-state index in [0.717, 1.165) is 11.4 Å². The van der Waals surface area contributed by atoms with Crippen molar-refractivity contribution >= 4 is 28.1 Å². The van der Waals surface area contributed by atoms with Gasteiger partial charge in [-0.15, -0.1) is 0 Å². The van der Waals surface area contributed by atoms with E-state index in [0.29, 0.717) is 23.5 Å². The minimum Gasteiger partial charge on any atom is -0.453 e. The van der Waals surface area contributed by atoms with Crippen molar-refractivity contribution in [2.75, 3.05) is 20.3 Å². The number of carbonyl (C=O) groups is 2. The number of carbonyl (C=O) groups excluding carboxylic acids is 2. The Labute approximate surface area is 154 Å². The summed E-state index contributed by atoms with van der Waals surface area (Å²) < 4.78 is 12.2. The van der Waals surface area contributed by atoms with E-state index >= 15 is 0 Å². The number of hydrogen-bond acceptors (Lipinski definition) is 7. The third-order valence-electron chi connectivity index (χ3n) is 3.94. The average molecular weight is 380 g/mol. The molecule has 2 rings (SSSR count). The van der Waals surface area contributed by atoms with Crippen LogP contribution in [0.5, 0.6) is 0 Å². The van der Waals surface area contributed by atoms with Gasteiger partial charge >= 0.3 is 11.0 Å². The fraction of sp³-hybridized carbons (Fsp3) is 0.412. The summed E-state index contributed by atoms with van der Waals surface area (Å²) in [6.45, 7) is 5.80. The van der Waals surface area contributed by atoms with Crippen LogP contribution in [0.4, 0.5) is 5.00 Å². The quantitative estimate of drug-likeness (QED) is 0.301. The molecule has 0 aliphatic carbocycles. The third-order valence-corrected chi connectivity index (χ3v) is 4.96. The number of thiophene rings is 1. The van der Waals surface area contributed by atoms with E-state index in [1.165, 1.54) is 12.1 Å². The smallest absolute Gasteiger partial charge is 0.349 e. The van der Waals surface area contributed by atoms with Crippen LogP contribution >= 0.6 is 11.3 Å². The monoisotopic (exact) mass is 380 g/mol. The van der Waals surface area contributed by atoms with Crippen molar-refractivity contribution in [2.24, 2.45) is 0 Å². The molecule has 0 amide bonds. The van der Waals surface area contributed by atoms with Crippen LogP contribution in [0.3, 0.4) is 0 Å². The molecule has 0 fully saturated rings. The Morgan fingerprint density at radius 1 is 1.35 bits per heavy atom. The molecule has 0 aromatic carbocycles. The molecule has 9 heteroatoms. The molecule has 0 N–H and O–H groups in total. The van der Waals surface area contributed by atoms with Gasteiger partial charge in [-0.2, -0.15) is 0 Å². The summed E-state index contributed by atoms with van der Waals surface area (Å²) >= 11 is 0.713. The maximum Gasteiger partial charge on any atom is 0.349 e. The Morgan fingerprint density at radius 2 is 2.04 bits per heavy atom. The van der Waals surface area contributed by atoms with E-state index in [-0.39, 0.29) is 21.7 Å². The zero-order valence-corrected chi connectivity index (χ0v) is 15.8. The Morgan fingerprint density at radius 3 is 2.62 bits per heavy atom. The largest absolute Gasteiger partial charge is 0.453 e. The molecule has 8 nitrogen and oxygen atoms in total. The highest BCUT2D eigenvalue weighted by molar-refractivity contribution is 7.17. The summed E-state index contributed by atoms with van der Waals surface area (Å²) in [7, 11) is 1.62. The van der Waals surface area contributed by atoms with Gasteiger partial charge in [0.1, 0.15) is 4.88 Å². The Hall–Kier alpha value is -2.52. The number of nitro groups is 1. The van der Waals surface area contributed by atoms with Crippen LogP contribution in [0.25, 0.3) is 0 Å². The van der Waals surface area contributed by atoms with Crippen molar-refractivity contribution in [3.05, 3.63) is 50.1 Å². The van der Waals surface area contributed by atoms with Gasteiger partial charge in [-0.05, 0) is 32.9 Å². The summed E-state index contributed by atoms with van der Waals surface area (Å²) in [6.07, 6.45) is 0. The van der Waals surface area contributed by atoms with Crippen LogP contribution in [-0.4, -0.2) is 41.6 Å². The number of rotatable bonds is 8. The van der Waals surface area contributed by atoms with Gasteiger partial charge in [-0.3, -0.25) is 14.9 Å². The normalized spacial score (nSPS) is 12.0. The molecule has 0 unspecified atom stereocenters. The molecule has 2 aromatic heterocycles. The van der Waals surface area contributed by atoms with E-state index in [4.69, 9.17) is 9.47 Å². The van der Waals surface area contributed by atoms with Crippen molar-refractivity contribution in [3.8, 4) is 0 Å². The number of methoxy groups -OCH3 is 1. The number of aromatic nitrogens is 1. The summed E-state index contributed by atoms with van der Waals surface area (Å²) in [6, 6.07) is 4.37. The Balaban J connectivity index is 2.07. The molecule has 2 aromatic rings. The van der Waals surface area contributed by atoms with E-state index in [2.05, 4.69) is 0 Å². The zero-order chi connectivity index (χ0) is 19.4. The summed E-state index contributed by atoms with van der Waals surface area (Å²) in [5.41, 5.74) is 2.17. The highest BCUT2D eigenvalue weighted by Crippen LogP contribution is 2.25. The maximum absolute atomic E-state index is 12.4. The molecule has 26 heavy (non-hydrogen) atoms. The highest BCUT2D eigenvalue weighted by atomic mass is 32.1. The second kappa shape index (κ2) is 8.24. The molecule has 0 bridgehead atoms. The average Bonchev–Trinajstić information content (AvgIpc) is 3.18. The third kappa shape index (κ3) is 4.17. The van der Waals surface area contributed by atoms with Gasteiger partial charge in [0.25, 0.3) is 0 Å². The first-order valence-electron chi connectivity index (χ1n) is 7.88. The summed E-state index contributed by atoms with van der Waals surface area (Å²) in [4.78, 5) is 34.6.